The van der Waals surface area contributed by atoms with E-state index in [0.29, 0.717) is 0 Å². The van der Waals surface area contributed by atoms with Gasteiger partial charge in [0.1, 0.15) is 6.61 Å². The Hall–Kier alpha value is -0.200. The lowest BCUT2D eigenvalue weighted by atomic mass is 10.3. The molecule has 0 aromatic rings. The maximum atomic E-state index is 9.60. The van der Waals surface area contributed by atoms with Gasteiger partial charge in [-0.1, -0.05) is 0 Å². The summed E-state index contributed by atoms with van der Waals surface area (Å²) in [4.78, 5) is 9.60. The number of nitriles is 1. The largest absolute Gasteiger partial charge is 0.338 e. The first-order chi connectivity index (χ1) is 6.00. The fourth-order valence-electron chi connectivity index (χ4n) is 1.14. The Bertz CT molecular complexity index is 171. The molecule has 0 bridgehead atoms. The monoisotopic (exact) mass is 204 g/mol. The van der Waals surface area contributed by atoms with Crippen LogP contribution in [0.5, 0.6) is 0 Å². The minimum absolute atomic E-state index is 0.0574. The van der Waals surface area contributed by atoms with E-state index in [1.807, 2.05) is 38.4 Å². The summed E-state index contributed by atoms with van der Waals surface area (Å²) < 4.78 is 6.81. The van der Waals surface area contributed by atoms with Gasteiger partial charge >= 0.3 is 0 Å². The predicted molar refractivity (Wildman–Crippen MR) is 52.8 cm³/mol. The lowest BCUT2D eigenvalue weighted by Gasteiger charge is -2.32. The predicted octanol–water partition coefficient (Wildman–Crippen LogP) is 1.86. The summed E-state index contributed by atoms with van der Waals surface area (Å²) in [7, 11) is -1.62. The van der Waals surface area contributed by atoms with Gasteiger partial charge in [-0.05, 0) is 27.7 Å². The van der Waals surface area contributed by atoms with Crippen molar-refractivity contribution in [3.8, 4) is 6.07 Å². The second-order valence-electron chi connectivity index (χ2n) is 3.25. The molecule has 0 amide bonds. The van der Waals surface area contributed by atoms with Gasteiger partial charge in [-0.25, -0.2) is 4.67 Å². The first-order valence-corrected chi connectivity index (χ1v) is 5.44. The minimum Gasteiger partial charge on any atom is -0.338 e. The van der Waals surface area contributed by atoms with Crippen molar-refractivity contribution in [2.45, 2.75) is 39.8 Å². The Balaban J connectivity index is 4.13. The van der Waals surface area contributed by atoms with Crippen molar-refractivity contribution < 1.29 is 9.42 Å². The first-order valence-electron chi connectivity index (χ1n) is 4.27. The number of rotatable bonds is 5. The molecule has 0 saturated heterocycles. The molecule has 76 valence electrons. The van der Waals surface area contributed by atoms with Crippen molar-refractivity contribution in [2.24, 2.45) is 0 Å². The van der Waals surface area contributed by atoms with Gasteiger partial charge in [-0.3, -0.25) is 0 Å². The molecule has 0 heterocycles. The Kier molecular flexibility index (Phi) is 6.19. The van der Waals surface area contributed by atoms with Crippen molar-refractivity contribution in [3.63, 3.8) is 0 Å². The molecule has 1 atom stereocenters. The summed E-state index contributed by atoms with van der Waals surface area (Å²) >= 11 is 0. The molecule has 0 aliphatic heterocycles. The summed E-state index contributed by atoms with van der Waals surface area (Å²) in [6, 6.07) is 2.27. The Morgan fingerprint density at radius 2 is 1.85 bits per heavy atom. The zero-order valence-corrected chi connectivity index (χ0v) is 9.45. The molecule has 4 nitrogen and oxygen atoms in total. The van der Waals surface area contributed by atoms with Crippen LogP contribution in [0.4, 0.5) is 0 Å². The molecule has 5 heteroatoms. The molecular formula is C8H17N2O2P. The fraction of sp³-hybridized carbons (Fsp3) is 0.875. The molecule has 0 aromatic heterocycles. The van der Waals surface area contributed by atoms with E-state index >= 15 is 0 Å². The van der Waals surface area contributed by atoms with Crippen molar-refractivity contribution in [1.82, 2.24) is 4.67 Å². The van der Waals surface area contributed by atoms with Crippen molar-refractivity contribution in [3.05, 3.63) is 0 Å². The van der Waals surface area contributed by atoms with E-state index in [-0.39, 0.29) is 18.7 Å². The molecule has 0 rings (SSSR count). The zero-order valence-electron chi connectivity index (χ0n) is 8.56. The van der Waals surface area contributed by atoms with Crippen LogP contribution in [0.3, 0.4) is 0 Å². The zero-order chi connectivity index (χ0) is 10.4. The van der Waals surface area contributed by atoms with Crippen LogP contribution in [-0.2, 0) is 4.52 Å². The Morgan fingerprint density at radius 3 is 2.15 bits per heavy atom. The summed E-state index contributed by atoms with van der Waals surface area (Å²) in [6.45, 7) is 7.89. The normalized spacial score (nSPS) is 13.8. The van der Waals surface area contributed by atoms with E-state index in [1.54, 1.807) is 0 Å². The Morgan fingerprint density at radius 1 is 1.38 bits per heavy atom. The van der Waals surface area contributed by atoms with Crippen LogP contribution < -0.4 is 0 Å². The van der Waals surface area contributed by atoms with E-state index in [9.17, 15) is 4.89 Å². The molecule has 0 radical (unpaired) electrons. The van der Waals surface area contributed by atoms with Crippen molar-refractivity contribution >= 4 is 8.53 Å². The maximum Gasteiger partial charge on any atom is 0.257 e. The second kappa shape index (κ2) is 6.28. The maximum absolute atomic E-state index is 9.60. The van der Waals surface area contributed by atoms with E-state index in [0.717, 1.165) is 0 Å². The lowest BCUT2D eigenvalue weighted by molar-refractivity contribution is 0.227. The van der Waals surface area contributed by atoms with Gasteiger partial charge in [0.25, 0.3) is 8.53 Å². The van der Waals surface area contributed by atoms with Crippen LogP contribution in [0.1, 0.15) is 27.7 Å². The molecule has 0 aliphatic carbocycles. The van der Waals surface area contributed by atoms with Crippen LogP contribution in [0.2, 0.25) is 0 Å². The van der Waals surface area contributed by atoms with E-state index in [4.69, 9.17) is 9.79 Å². The number of hydrogen-bond acceptors (Lipinski definition) is 4. The number of hydrogen-bond donors (Lipinski definition) is 1. The quantitative estimate of drug-likeness (QED) is 0.694. The van der Waals surface area contributed by atoms with Gasteiger partial charge in [0.05, 0.1) is 6.07 Å². The minimum atomic E-state index is -1.62. The summed E-state index contributed by atoms with van der Waals surface area (Å²) in [5, 5.41) is 8.28. The van der Waals surface area contributed by atoms with Gasteiger partial charge in [-0.15, -0.1) is 0 Å². The third kappa shape index (κ3) is 4.54. The van der Waals surface area contributed by atoms with Crippen LogP contribution >= 0.6 is 8.53 Å². The molecule has 13 heavy (non-hydrogen) atoms. The summed E-state index contributed by atoms with van der Waals surface area (Å²) in [6.07, 6.45) is 0. The molecule has 0 saturated carbocycles. The second-order valence-corrected chi connectivity index (χ2v) is 4.48. The standard InChI is InChI=1S/C8H17N2O2P/c1-7(2)10(8(3)4)13(11)12-6-5-9/h7-8,11H,6H2,1-4H3. The third-order valence-corrected chi connectivity index (χ3v) is 3.18. The van der Waals surface area contributed by atoms with Gasteiger partial charge in [0, 0.05) is 12.1 Å². The SMILES string of the molecule is CC(C)N(C(C)C)P(O)OCC#N. The van der Waals surface area contributed by atoms with Gasteiger partial charge in [-0.2, -0.15) is 5.26 Å². The molecule has 0 fully saturated rings. The average molecular weight is 204 g/mol. The highest BCUT2D eigenvalue weighted by Crippen LogP contribution is 2.39. The molecule has 1 unspecified atom stereocenters. The van der Waals surface area contributed by atoms with Crippen LogP contribution in [0, 0.1) is 11.3 Å². The molecule has 0 aromatic carbocycles. The van der Waals surface area contributed by atoms with Gasteiger partial charge in [0.15, 0.2) is 0 Å². The molecule has 1 N–H and O–H groups in total. The third-order valence-electron chi connectivity index (χ3n) is 1.50. The van der Waals surface area contributed by atoms with Crippen LogP contribution in [0.15, 0.2) is 0 Å². The Labute approximate surface area is 81.1 Å². The van der Waals surface area contributed by atoms with Gasteiger partial charge in [0.2, 0.25) is 0 Å². The highest BCUT2D eigenvalue weighted by Gasteiger charge is 2.23. The highest BCUT2D eigenvalue weighted by molar-refractivity contribution is 7.43. The summed E-state index contributed by atoms with van der Waals surface area (Å²) in [5.74, 6) is 0. The topological polar surface area (TPSA) is 56.5 Å². The van der Waals surface area contributed by atoms with E-state index in [1.165, 1.54) is 0 Å². The fourth-order valence-corrected chi connectivity index (χ4v) is 2.24. The first kappa shape index (κ1) is 12.8. The van der Waals surface area contributed by atoms with Crippen LogP contribution in [0.25, 0.3) is 0 Å². The van der Waals surface area contributed by atoms with E-state index < -0.39 is 8.53 Å². The number of nitrogens with zero attached hydrogens (tertiary/aromatic N) is 2. The highest BCUT2D eigenvalue weighted by atomic mass is 31.2. The lowest BCUT2D eigenvalue weighted by Crippen LogP contribution is -2.32. The molecule has 0 aliphatic rings. The molecule has 0 spiro atoms. The van der Waals surface area contributed by atoms with E-state index in [2.05, 4.69) is 0 Å². The smallest absolute Gasteiger partial charge is 0.257 e. The van der Waals surface area contributed by atoms with Crippen LogP contribution in [-0.4, -0.2) is 28.3 Å². The van der Waals surface area contributed by atoms with Crippen molar-refractivity contribution in [2.75, 3.05) is 6.61 Å². The molecular weight excluding hydrogens is 187 g/mol. The summed E-state index contributed by atoms with van der Waals surface area (Å²) in [5.41, 5.74) is 0. The van der Waals surface area contributed by atoms with Gasteiger partial charge < -0.3 is 9.42 Å². The van der Waals surface area contributed by atoms with Crippen molar-refractivity contribution in [1.29, 1.82) is 5.26 Å². The average Bonchev–Trinajstić information content (AvgIpc) is 1.99.